The van der Waals surface area contributed by atoms with Gasteiger partial charge < -0.3 is 4.74 Å². The molecule has 0 aliphatic carbocycles. The van der Waals surface area contributed by atoms with Crippen molar-refractivity contribution in [2.75, 3.05) is 7.11 Å². The van der Waals surface area contributed by atoms with Gasteiger partial charge in [-0.05, 0) is 18.2 Å². The maximum atomic E-state index is 11.5. The first-order valence-corrected chi connectivity index (χ1v) is 5.94. The second kappa shape index (κ2) is 3.82. The van der Waals surface area contributed by atoms with Gasteiger partial charge in [0.25, 0.3) is 5.56 Å². The van der Waals surface area contributed by atoms with Crippen molar-refractivity contribution < 1.29 is 4.74 Å². The predicted octanol–water partition coefficient (Wildman–Crippen LogP) is 1.79. The number of hydrogen-bond donors (Lipinski definition) is 0. The number of nitriles is 1. The lowest BCUT2D eigenvalue weighted by molar-refractivity contribution is 0.415. The number of rotatable bonds is 1. The summed E-state index contributed by atoms with van der Waals surface area (Å²) in [5.74, 6) is 0.748. The number of fused-ring (bicyclic) bond motifs is 3. The summed E-state index contributed by atoms with van der Waals surface area (Å²) in [6.07, 6.45) is 1.52. The lowest BCUT2D eigenvalue weighted by Crippen LogP contribution is -2.11. The molecule has 18 heavy (non-hydrogen) atoms. The highest BCUT2D eigenvalue weighted by atomic mass is 32.1. The minimum Gasteiger partial charge on any atom is -0.497 e. The van der Waals surface area contributed by atoms with Crippen molar-refractivity contribution in [3.8, 4) is 11.8 Å². The molecule has 0 aliphatic rings. The summed E-state index contributed by atoms with van der Waals surface area (Å²) >= 11 is 1.39. The molecule has 0 saturated heterocycles. The van der Waals surface area contributed by atoms with Gasteiger partial charge in [-0.1, -0.05) is 11.3 Å². The highest BCUT2D eigenvalue weighted by Gasteiger charge is 2.09. The molecular weight excluding hydrogens is 250 g/mol. The van der Waals surface area contributed by atoms with Gasteiger partial charge in [0.2, 0.25) is 0 Å². The van der Waals surface area contributed by atoms with Crippen LogP contribution in [0.15, 0.2) is 29.2 Å². The van der Waals surface area contributed by atoms with Crippen molar-refractivity contribution in [1.29, 1.82) is 5.26 Å². The molecule has 0 fully saturated rings. The summed E-state index contributed by atoms with van der Waals surface area (Å²) in [5, 5.41) is 8.85. The molecule has 2 aromatic heterocycles. The van der Waals surface area contributed by atoms with Gasteiger partial charge in [-0.25, -0.2) is 0 Å². The van der Waals surface area contributed by atoms with Crippen LogP contribution in [-0.4, -0.2) is 16.5 Å². The normalized spacial score (nSPS) is 10.7. The summed E-state index contributed by atoms with van der Waals surface area (Å²) in [4.78, 5) is 16.0. The molecule has 0 N–H and O–H groups in total. The molecule has 0 spiro atoms. The average molecular weight is 257 g/mol. The fourth-order valence-electron chi connectivity index (χ4n) is 1.76. The van der Waals surface area contributed by atoms with Crippen molar-refractivity contribution >= 4 is 26.5 Å². The second-order valence-electron chi connectivity index (χ2n) is 3.66. The van der Waals surface area contributed by atoms with Gasteiger partial charge in [-0.15, -0.1) is 0 Å². The Morgan fingerprint density at radius 3 is 3.06 bits per heavy atom. The third kappa shape index (κ3) is 1.45. The van der Waals surface area contributed by atoms with Gasteiger partial charge in [0.05, 0.1) is 17.3 Å². The first-order chi connectivity index (χ1) is 8.72. The molecule has 0 bridgehead atoms. The molecule has 0 atom stereocenters. The Morgan fingerprint density at radius 1 is 1.50 bits per heavy atom. The van der Waals surface area contributed by atoms with Crippen LogP contribution in [0.5, 0.6) is 5.75 Å². The van der Waals surface area contributed by atoms with Crippen LogP contribution in [0.3, 0.4) is 0 Å². The van der Waals surface area contributed by atoms with E-state index < -0.39 is 5.56 Å². The zero-order valence-corrected chi connectivity index (χ0v) is 10.2. The minimum atomic E-state index is -0.490. The third-order valence-corrected chi connectivity index (χ3v) is 3.66. The van der Waals surface area contributed by atoms with Gasteiger partial charge in [-0.2, -0.15) is 10.2 Å². The van der Waals surface area contributed by atoms with Crippen LogP contribution < -0.4 is 10.3 Å². The van der Waals surface area contributed by atoms with Gasteiger partial charge in [0.15, 0.2) is 4.96 Å². The topological polar surface area (TPSA) is 67.4 Å². The van der Waals surface area contributed by atoms with E-state index in [-0.39, 0.29) is 5.56 Å². The van der Waals surface area contributed by atoms with E-state index in [0.29, 0.717) is 4.96 Å². The third-order valence-electron chi connectivity index (χ3n) is 2.64. The Hall–Kier alpha value is -2.39. The highest BCUT2D eigenvalue weighted by Crippen LogP contribution is 2.28. The van der Waals surface area contributed by atoms with Crippen molar-refractivity contribution in [1.82, 2.24) is 9.38 Å². The lowest BCUT2D eigenvalue weighted by Gasteiger charge is -1.98. The van der Waals surface area contributed by atoms with Gasteiger partial charge >= 0.3 is 0 Å². The zero-order valence-electron chi connectivity index (χ0n) is 9.38. The Labute approximate surface area is 105 Å². The van der Waals surface area contributed by atoms with Crippen molar-refractivity contribution in [3.05, 3.63) is 40.3 Å². The summed E-state index contributed by atoms with van der Waals surface area (Å²) in [5.41, 5.74) is 0.457. The van der Waals surface area contributed by atoms with Crippen LogP contribution in [0.1, 0.15) is 5.56 Å². The number of ether oxygens (including phenoxy) is 1. The molecule has 3 rings (SSSR count). The molecule has 0 aliphatic heterocycles. The van der Waals surface area contributed by atoms with E-state index in [1.165, 1.54) is 17.5 Å². The molecule has 88 valence electrons. The standard InChI is InChI=1S/C12H7N3O2S/c1-17-8-2-3-9-10(4-8)18-12-14-11(16)7(5-13)6-15(9)12/h2-4,6H,1H3. The molecule has 0 radical (unpaired) electrons. The van der Waals surface area contributed by atoms with E-state index in [4.69, 9.17) is 10.00 Å². The van der Waals surface area contributed by atoms with E-state index in [2.05, 4.69) is 4.98 Å². The fraction of sp³-hybridized carbons (Fsp3) is 0.0833. The molecule has 0 saturated carbocycles. The maximum Gasteiger partial charge on any atom is 0.291 e. The minimum absolute atomic E-state index is 0.0445. The molecule has 0 amide bonds. The van der Waals surface area contributed by atoms with Crippen LogP contribution in [0.2, 0.25) is 0 Å². The number of nitrogens with zero attached hydrogens (tertiary/aromatic N) is 3. The van der Waals surface area contributed by atoms with E-state index in [1.54, 1.807) is 11.5 Å². The largest absolute Gasteiger partial charge is 0.497 e. The number of hydrogen-bond acceptors (Lipinski definition) is 5. The first-order valence-electron chi connectivity index (χ1n) is 5.13. The Morgan fingerprint density at radius 2 is 2.33 bits per heavy atom. The second-order valence-corrected chi connectivity index (χ2v) is 4.67. The first kappa shape index (κ1) is 10.7. The van der Waals surface area contributed by atoms with Gasteiger partial charge in [0, 0.05) is 6.20 Å². The molecular formula is C12H7N3O2S. The number of aromatic nitrogens is 2. The van der Waals surface area contributed by atoms with Crippen molar-refractivity contribution in [3.63, 3.8) is 0 Å². The van der Waals surface area contributed by atoms with E-state index in [0.717, 1.165) is 16.0 Å². The number of benzene rings is 1. The monoisotopic (exact) mass is 257 g/mol. The van der Waals surface area contributed by atoms with Crippen LogP contribution in [0.25, 0.3) is 15.2 Å². The quantitative estimate of drug-likeness (QED) is 0.666. The smallest absolute Gasteiger partial charge is 0.291 e. The zero-order chi connectivity index (χ0) is 12.7. The highest BCUT2D eigenvalue weighted by molar-refractivity contribution is 7.23. The van der Waals surface area contributed by atoms with Crippen LogP contribution in [0, 0.1) is 11.3 Å². The fourth-order valence-corrected chi connectivity index (χ4v) is 2.78. The van der Waals surface area contributed by atoms with E-state index >= 15 is 0 Å². The maximum absolute atomic E-state index is 11.5. The van der Waals surface area contributed by atoms with E-state index in [1.807, 2.05) is 24.3 Å². The summed E-state index contributed by atoms with van der Waals surface area (Å²) < 4.78 is 7.85. The van der Waals surface area contributed by atoms with Crippen LogP contribution in [-0.2, 0) is 0 Å². The van der Waals surface area contributed by atoms with Crippen molar-refractivity contribution in [2.45, 2.75) is 0 Å². The van der Waals surface area contributed by atoms with Crippen molar-refractivity contribution in [2.24, 2.45) is 0 Å². The Kier molecular flexibility index (Phi) is 2.28. The summed E-state index contributed by atoms with van der Waals surface area (Å²) in [6.45, 7) is 0. The lowest BCUT2D eigenvalue weighted by atomic mass is 10.3. The predicted molar refractivity (Wildman–Crippen MR) is 68.1 cm³/mol. The molecule has 6 heteroatoms. The molecule has 2 heterocycles. The van der Waals surface area contributed by atoms with Gasteiger partial charge in [0.1, 0.15) is 17.4 Å². The Balaban J connectivity index is 2.45. The van der Waals surface area contributed by atoms with Crippen LogP contribution in [0.4, 0.5) is 0 Å². The summed E-state index contributed by atoms with van der Waals surface area (Å²) in [7, 11) is 1.60. The molecule has 1 aromatic carbocycles. The van der Waals surface area contributed by atoms with Gasteiger partial charge in [-0.3, -0.25) is 9.20 Å². The molecule has 0 unspecified atom stereocenters. The number of thiazole rings is 1. The average Bonchev–Trinajstić information content (AvgIpc) is 2.73. The number of methoxy groups -OCH3 is 1. The molecule has 3 aromatic rings. The SMILES string of the molecule is COc1ccc2c(c1)sc1nc(=O)c(C#N)cn12. The van der Waals surface area contributed by atoms with E-state index in [9.17, 15) is 4.79 Å². The molecule has 5 nitrogen and oxygen atoms in total. The Bertz CT molecular complexity index is 857. The van der Waals surface area contributed by atoms with Crippen LogP contribution >= 0.6 is 11.3 Å². The summed E-state index contributed by atoms with van der Waals surface area (Å²) in [6, 6.07) is 7.44.